The molecule has 1 rings (SSSR count). The minimum atomic E-state index is -1.25. The molecule has 0 bridgehead atoms. The van der Waals surface area contributed by atoms with E-state index in [2.05, 4.69) is 16.0 Å². The molecule has 4 atom stereocenters. The zero-order valence-corrected chi connectivity index (χ0v) is 21.5. The number of rotatable bonds is 15. The van der Waals surface area contributed by atoms with Crippen molar-refractivity contribution in [2.24, 2.45) is 5.92 Å². The maximum atomic E-state index is 13.1. The molecule has 196 valence electrons. The van der Waals surface area contributed by atoms with E-state index in [1.54, 1.807) is 0 Å². The van der Waals surface area contributed by atoms with Gasteiger partial charge in [0, 0.05) is 6.92 Å². The molecule has 0 aromatic heterocycles. The lowest BCUT2D eigenvalue weighted by atomic mass is 10.0. The van der Waals surface area contributed by atoms with E-state index >= 15 is 0 Å². The first-order valence-corrected chi connectivity index (χ1v) is 12.3. The Hall–Kier alpha value is -2.94. The third-order valence-electron chi connectivity index (χ3n) is 5.37. The molecule has 4 N–H and O–H groups in total. The van der Waals surface area contributed by atoms with Gasteiger partial charge in [-0.05, 0) is 44.1 Å². The molecular weight excluding hydrogens is 450 g/mol. The van der Waals surface area contributed by atoms with Crippen LogP contribution in [0, 0.1) is 5.92 Å². The number of hydrogen-bond acceptors (Lipinski definition) is 6. The molecule has 3 amide bonds. The molecular formula is C26H41N3O6. The molecule has 0 radical (unpaired) electrons. The molecule has 0 fully saturated rings. The molecule has 9 nitrogen and oxygen atoms in total. The number of ether oxygens (including phenoxy) is 1. The van der Waals surface area contributed by atoms with Crippen LogP contribution in [0.3, 0.4) is 0 Å². The minimum Gasteiger partial charge on any atom is -0.464 e. The van der Waals surface area contributed by atoms with Crippen LogP contribution in [0.5, 0.6) is 0 Å². The van der Waals surface area contributed by atoms with E-state index in [1.807, 2.05) is 51.1 Å². The van der Waals surface area contributed by atoms with E-state index in [0.29, 0.717) is 25.7 Å². The summed E-state index contributed by atoms with van der Waals surface area (Å²) in [5.74, 6) is -2.12. The Morgan fingerprint density at radius 3 is 2.11 bits per heavy atom. The summed E-state index contributed by atoms with van der Waals surface area (Å²) in [6, 6.07) is 6.53. The van der Waals surface area contributed by atoms with Gasteiger partial charge in [-0.15, -0.1) is 0 Å². The Kier molecular flexibility index (Phi) is 13.6. The van der Waals surface area contributed by atoms with Crippen LogP contribution in [0.4, 0.5) is 0 Å². The average molecular weight is 492 g/mol. The van der Waals surface area contributed by atoms with Gasteiger partial charge in [-0.2, -0.15) is 0 Å². The largest absolute Gasteiger partial charge is 0.464 e. The fourth-order valence-corrected chi connectivity index (χ4v) is 3.48. The van der Waals surface area contributed by atoms with E-state index in [9.17, 15) is 24.3 Å². The van der Waals surface area contributed by atoms with Gasteiger partial charge in [0.2, 0.25) is 17.7 Å². The third-order valence-corrected chi connectivity index (χ3v) is 5.37. The van der Waals surface area contributed by atoms with Gasteiger partial charge in [-0.25, -0.2) is 4.79 Å². The molecule has 1 aromatic rings. The number of carbonyl (C=O) groups is 4. The lowest BCUT2D eigenvalue weighted by Gasteiger charge is -2.26. The van der Waals surface area contributed by atoms with E-state index in [1.165, 1.54) is 13.8 Å². The third kappa shape index (κ3) is 11.8. The summed E-state index contributed by atoms with van der Waals surface area (Å²) in [5, 5.41) is 18.0. The average Bonchev–Trinajstić information content (AvgIpc) is 2.79. The Balaban J connectivity index is 2.92. The molecule has 0 aliphatic heterocycles. The van der Waals surface area contributed by atoms with Crippen LogP contribution >= 0.6 is 0 Å². The number of aryl methyl sites for hydroxylation is 1. The Labute approximate surface area is 208 Å². The normalized spacial score (nSPS) is 14.4. The summed E-state index contributed by atoms with van der Waals surface area (Å²) in [6.45, 7) is 8.67. The molecule has 0 aliphatic rings. The fourth-order valence-electron chi connectivity index (χ4n) is 3.48. The van der Waals surface area contributed by atoms with Crippen molar-refractivity contribution in [1.82, 2.24) is 16.0 Å². The number of aliphatic hydroxyl groups excluding tert-OH is 1. The van der Waals surface area contributed by atoms with Gasteiger partial charge in [-0.3, -0.25) is 14.4 Å². The number of unbranched alkanes of at least 4 members (excludes halogenated alkanes) is 1. The topological polar surface area (TPSA) is 134 Å². The van der Waals surface area contributed by atoms with Gasteiger partial charge in [-0.1, -0.05) is 57.5 Å². The summed E-state index contributed by atoms with van der Waals surface area (Å²) < 4.78 is 5.16. The molecule has 0 heterocycles. The van der Waals surface area contributed by atoms with Crippen molar-refractivity contribution in [3.63, 3.8) is 0 Å². The van der Waals surface area contributed by atoms with E-state index in [0.717, 1.165) is 12.0 Å². The Bertz CT molecular complexity index is 813. The first-order chi connectivity index (χ1) is 16.5. The smallest absolute Gasteiger partial charge is 0.331 e. The van der Waals surface area contributed by atoms with Crippen molar-refractivity contribution in [3.05, 3.63) is 35.9 Å². The van der Waals surface area contributed by atoms with Crippen molar-refractivity contribution < 1.29 is 29.0 Å². The maximum Gasteiger partial charge on any atom is 0.331 e. The van der Waals surface area contributed by atoms with Crippen LogP contribution in [0.2, 0.25) is 0 Å². The molecule has 0 unspecified atom stereocenters. The minimum absolute atomic E-state index is 0.0519. The number of benzene rings is 1. The highest BCUT2D eigenvalue weighted by Crippen LogP contribution is 2.10. The van der Waals surface area contributed by atoms with E-state index in [4.69, 9.17) is 4.74 Å². The van der Waals surface area contributed by atoms with Crippen molar-refractivity contribution in [3.8, 4) is 0 Å². The fraction of sp³-hybridized carbons (Fsp3) is 0.615. The van der Waals surface area contributed by atoms with E-state index < -0.39 is 42.0 Å². The van der Waals surface area contributed by atoms with Crippen LogP contribution in [0.15, 0.2) is 30.3 Å². The molecule has 1 aromatic carbocycles. The van der Waals surface area contributed by atoms with E-state index in [-0.39, 0.29) is 18.4 Å². The summed E-state index contributed by atoms with van der Waals surface area (Å²) >= 11 is 0. The Morgan fingerprint density at radius 2 is 1.57 bits per heavy atom. The number of esters is 1. The summed E-state index contributed by atoms with van der Waals surface area (Å²) in [7, 11) is 0. The van der Waals surface area contributed by atoms with Crippen molar-refractivity contribution in [2.45, 2.75) is 91.0 Å². The highest BCUT2D eigenvalue weighted by Gasteiger charge is 2.32. The second-order valence-corrected chi connectivity index (χ2v) is 9.22. The lowest BCUT2D eigenvalue weighted by Crippen LogP contribution is -2.57. The molecule has 0 aliphatic carbocycles. The number of carbonyl (C=O) groups excluding carboxylic acids is 4. The second-order valence-electron chi connectivity index (χ2n) is 9.22. The first-order valence-electron chi connectivity index (χ1n) is 12.3. The summed E-state index contributed by atoms with van der Waals surface area (Å²) in [5.41, 5.74) is 1.02. The zero-order chi connectivity index (χ0) is 26.4. The molecule has 0 saturated carbocycles. The van der Waals surface area contributed by atoms with Gasteiger partial charge in [0.25, 0.3) is 0 Å². The van der Waals surface area contributed by atoms with Gasteiger partial charge in [0.15, 0.2) is 6.04 Å². The number of hydrogen-bond donors (Lipinski definition) is 4. The maximum absolute atomic E-state index is 13.1. The monoisotopic (exact) mass is 491 g/mol. The van der Waals surface area contributed by atoms with Crippen molar-refractivity contribution in [1.29, 1.82) is 0 Å². The predicted octanol–water partition coefficient (Wildman–Crippen LogP) is 1.86. The standard InChI is InChI=1S/C26H41N3O6/c1-6-7-15-35-26(34)23(18(4)30)29-25(33)22(16-17(2)3)28-24(32)21(27-19(5)31)14-13-20-11-9-8-10-12-20/h8-12,17-18,21-23,30H,6-7,13-16H2,1-5H3,(H,27,31)(H,28,32)(H,29,33)/t18-,21+,22+,23+/m1/s1. The van der Waals surface area contributed by atoms with Crippen molar-refractivity contribution >= 4 is 23.7 Å². The van der Waals surface area contributed by atoms with Crippen molar-refractivity contribution in [2.75, 3.05) is 6.61 Å². The van der Waals surface area contributed by atoms with Gasteiger partial charge >= 0.3 is 5.97 Å². The zero-order valence-electron chi connectivity index (χ0n) is 21.5. The molecule has 35 heavy (non-hydrogen) atoms. The molecule has 9 heteroatoms. The number of amides is 3. The molecule has 0 spiro atoms. The number of aliphatic hydroxyl groups is 1. The highest BCUT2D eigenvalue weighted by molar-refractivity contribution is 5.93. The van der Waals surface area contributed by atoms with Gasteiger partial charge in [0.1, 0.15) is 12.1 Å². The quantitative estimate of drug-likeness (QED) is 0.219. The van der Waals surface area contributed by atoms with Crippen LogP contribution < -0.4 is 16.0 Å². The first kappa shape index (κ1) is 30.1. The van der Waals surface area contributed by atoms with Crippen LogP contribution in [-0.4, -0.2) is 59.6 Å². The lowest BCUT2D eigenvalue weighted by molar-refractivity contribution is -0.151. The van der Waals surface area contributed by atoms with Gasteiger partial charge in [0.05, 0.1) is 12.7 Å². The van der Waals surface area contributed by atoms with Crippen LogP contribution in [0.1, 0.15) is 65.9 Å². The SMILES string of the molecule is CCCCOC(=O)[C@@H](NC(=O)[C@H](CC(C)C)NC(=O)[C@H](CCc1ccccc1)NC(C)=O)[C@@H](C)O. The number of nitrogens with one attached hydrogen (secondary N) is 3. The molecule has 0 saturated heterocycles. The summed E-state index contributed by atoms with van der Waals surface area (Å²) in [4.78, 5) is 50.2. The predicted molar refractivity (Wildman–Crippen MR) is 133 cm³/mol. The van der Waals surface area contributed by atoms with Crippen LogP contribution in [0.25, 0.3) is 0 Å². The summed E-state index contributed by atoms with van der Waals surface area (Å²) in [6.07, 6.45) is 1.55. The highest BCUT2D eigenvalue weighted by atomic mass is 16.5. The van der Waals surface area contributed by atoms with Crippen LogP contribution in [-0.2, 0) is 30.3 Å². The Morgan fingerprint density at radius 1 is 0.943 bits per heavy atom. The van der Waals surface area contributed by atoms with Gasteiger partial charge < -0.3 is 25.8 Å². The second kappa shape index (κ2) is 15.9.